The molecule has 2 aromatic rings. The molecule has 1 aromatic carbocycles. The van der Waals surface area contributed by atoms with Gasteiger partial charge >= 0.3 is 0 Å². The molecule has 19 heavy (non-hydrogen) atoms. The second-order valence-electron chi connectivity index (χ2n) is 3.98. The first-order valence-electron chi connectivity index (χ1n) is 5.95. The van der Waals surface area contributed by atoms with Crippen molar-refractivity contribution in [2.24, 2.45) is 0 Å². The molecule has 0 radical (unpaired) electrons. The lowest BCUT2D eigenvalue weighted by Crippen LogP contribution is -2.19. The number of benzene rings is 1. The van der Waals surface area contributed by atoms with Gasteiger partial charge in [0.25, 0.3) is 0 Å². The molecule has 1 N–H and O–H groups in total. The fraction of sp³-hybridized carbons (Fsp3) is 0.286. The molecular weight excluding hydrogens is 242 g/mol. The highest BCUT2D eigenvalue weighted by Crippen LogP contribution is 2.24. The van der Waals surface area contributed by atoms with E-state index >= 15 is 0 Å². The van der Waals surface area contributed by atoms with Gasteiger partial charge in [-0.05, 0) is 24.7 Å². The van der Waals surface area contributed by atoms with Crippen molar-refractivity contribution in [1.82, 2.24) is 15.3 Å². The van der Waals surface area contributed by atoms with Crippen LogP contribution >= 0.6 is 0 Å². The summed E-state index contributed by atoms with van der Waals surface area (Å²) in [6.45, 7) is 0. The van der Waals surface area contributed by atoms with E-state index in [0.717, 1.165) is 17.0 Å². The van der Waals surface area contributed by atoms with Gasteiger partial charge in [0.15, 0.2) is 0 Å². The molecule has 0 aliphatic carbocycles. The predicted molar refractivity (Wildman–Crippen MR) is 72.5 cm³/mol. The van der Waals surface area contributed by atoms with Crippen LogP contribution in [0.2, 0.25) is 0 Å². The van der Waals surface area contributed by atoms with Gasteiger partial charge in [0.2, 0.25) is 5.88 Å². The Morgan fingerprint density at radius 1 is 1.11 bits per heavy atom. The van der Waals surface area contributed by atoms with Crippen LogP contribution < -0.4 is 14.8 Å². The van der Waals surface area contributed by atoms with Crippen molar-refractivity contribution >= 4 is 0 Å². The third kappa shape index (κ3) is 3.00. The van der Waals surface area contributed by atoms with Gasteiger partial charge in [-0.25, -0.2) is 9.97 Å². The van der Waals surface area contributed by atoms with Gasteiger partial charge in [-0.1, -0.05) is 12.1 Å². The monoisotopic (exact) mass is 259 g/mol. The van der Waals surface area contributed by atoms with Crippen molar-refractivity contribution in [2.75, 3.05) is 21.3 Å². The Labute approximate surface area is 112 Å². The summed E-state index contributed by atoms with van der Waals surface area (Å²) in [6.07, 6.45) is 1.50. The molecule has 0 saturated heterocycles. The number of hydrogen-bond acceptors (Lipinski definition) is 5. The quantitative estimate of drug-likeness (QED) is 0.887. The van der Waals surface area contributed by atoms with E-state index in [1.54, 1.807) is 14.2 Å². The minimum Gasteiger partial charge on any atom is -0.497 e. The molecule has 1 unspecified atom stereocenters. The molecule has 0 saturated carbocycles. The lowest BCUT2D eigenvalue weighted by Gasteiger charge is -2.17. The van der Waals surface area contributed by atoms with Gasteiger partial charge in [-0.2, -0.15) is 0 Å². The van der Waals surface area contributed by atoms with Crippen molar-refractivity contribution in [3.05, 3.63) is 47.9 Å². The number of methoxy groups -OCH3 is 2. The van der Waals surface area contributed by atoms with Crippen LogP contribution in [0.3, 0.4) is 0 Å². The molecule has 0 bridgehead atoms. The van der Waals surface area contributed by atoms with E-state index in [1.807, 2.05) is 37.4 Å². The number of ether oxygens (including phenoxy) is 2. The van der Waals surface area contributed by atoms with Crippen LogP contribution in [0.15, 0.2) is 36.7 Å². The standard InChI is InChI=1S/C14H17N3O2/c1-15-14(10-5-4-6-11(7-10)18-2)12-8-13(19-3)17-9-16-12/h4-9,14-15H,1-3H3. The van der Waals surface area contributed by atoms with E-state index in [-0.39, 0.29) is 6.04 Å². The van der Waals surface area contributed by atoms with Crippen LogP contribution in [-0.2, 0) is 0 Å². The number of nitrogens with one attached hydrogen (secondary N) is 1. The Bertz CT molecular complexity index is 498. The van der Waals surface area contributed by atoms with Crippen molar-refractivity contribution < 1.29 is 9.47 Å². The highest BCUT2D eigenvalue weighted by molar-refractivity contribution is 5.35. The first kappa shape index (κ1) is 13.3. The Morgan fingerprint density at radius 2 is 1.95 bits per heavy atom. The molecular formula is C14H17N3O2. The average Bonchev–Trinajstić information content (AvgIpc) is 2.48. The molecule has 0 fully saturated rings. The van der Waals surface area contributed by atoms with Gasteiger partial charge in [-0.3, -0.25) is 0 Å². The largest absolute Gasteiger partial charge is 0.497 e. The Kier molecular flexibility index (Phi) is 4.30. The SMILES string of the molecule is CNC(c1cccc(OC)c1)c1cc(OC)ncn1. The number of nitrogens with zero attached hydrogens (tertiary/aromatic N) is 2. The first-order chi connectivity index (χ1) is 9.28. The van der Waals surface area contributed by atoms with Gasteiger partial charge in [0.1, 0.15) is 12.1 Å². The van der Waals surface area contributed by atoms with Crippen LogP contribution in [0.5, 0.6) is 11.6 Å². The summed E-state index contributed by atoms with van der Waals surface area (Å²) in [5, 5.41) is 3.24. The molecule has 2 rings (SSSR count). The Morgan fingerprint density at radius 3 is 2.63 bits per heavy atom. The van der Waals surface area contributed by atoms with Gasteiger partial charge in [0, 0.05) is 6.07 Å². The fourth-order valence-corrected chi connectivity index (χ4v) is 1.93. The number of aromatic nitrogens is 2. The zero-order chi connectivity index (χ0) is 13.7. The summed E-state index contributed by atoms with van der Waals surface area (Å²) in [4.78, 5) is 8.31. The van der Waals surface area contributed by atoms with Crippen LogP contribution in [-0.4, -0.2) is 31.2 Å². The third-order valence-electron chi connectivity index (χ3n) is 2.88. The van der Waals surface area contributed by atoms with Crippen molar-refractivity contribution in [3.63, 3.8) is 0 Å². The van der Waals surface area contributed by atoms with Crippen LogP contribution in [0.1, 0.15) is 17.3 Å². The molecule has 1 aromatic heterocycles. The second-order valence-corrected chi connectivity index (χ2v) is 3.98. The van der Waals surface area contributed by atoms with Crippen molar-refractivity contribution in [1.29, 1.82) is 0 Å². The first-order valence-corrected chi connectivity index (χ1v) is 5.95. The van der Waals surface area contributed by atoms with E-state index in [9.17, 15) is 0 Å². The van der Waals surface area contributed by atoms with Gasteiger partial charge in [-0.15, -0.1) is 0 Å². The smallest absolute Gasteiger partial charge is 0.216 e. The zero-order valence-corrected chi connectivity index (χ0v) is 11.3. The molecule has 0 amide bonds. The molecule has 0 aliphatic heterocycles. The lowest BCUT2D eigenvalue weighted by molar-refractivity contribution is 0.395. The summed E-state index contributed by atoms with van der Waals surface area (Å²) in [5.74, 6) is 1.37. The second kappa shape index (κ2) is 6.15. The summed E-state index contributed by atoms with van der Waals surface area (Å²) in [5.41, 5.74) is 1.92. The number of rotatable bonds is 5. The van der Waals surface area contributed by atoms with Crippen molar-refractivity contribution in [3.8, 4) is 11.6 Å². The normalized spacial score (nSPS) is 11.9. The molecule has 0 spiro atoms. The Balaban J connectivity index is 2.37. The molecule has 1 atom stereocenters. The van der Waals surface area contributed by atoms with Crippen LogP contribution in [0.25, 0.3) is 0 Å². The third-order valence-corrected chi connectivity index (χ3v) is 2.88. The summed E-state index contributed by atoms with van der Waals surface area (Å²) in [7, 11) is 5.13. The molecule has 1 heterocycles. The highest BCUT2D eigenvalue weighted by Gasteiger charge is 2.15. The lowest BCUT2D eigenvalue weighted by atomic mass is 10.0. The zero-order valence-electron chi connectivity index (χ0n) is 11.3. The van der Waals surface area contributed by atoms with E-state index in [1.165, 1.54) is 6.33 Å². The number of hydrogen-bond donors (Lipinski definition) is 1. The highest BCUT2D eigenvalue weighted by atomic mass is 16.5. The fourth-order valence-electron chi connectivity index (χ4n) is 1.93. The van der Waals surface area contributed by atoms with E-state index in [4.69, 9.17) is 9.47 Å². The maximum Gasteiger partial charge on any atom is 0.216 e. The topological polar surface area (TPSA) is 56.3 Å². The predicted octanol–water partition coefficient (Wildman–Crippen LogP) is 1.80. The van der Waals surface area contributed by atoms with Crippen LogP contribution in [0, 0.1) is 0 Å². The van der Waals surface area contributed by atoms with Crippen LogP contribution in [0.4, 0.5) is 0 Å². The minimum absolute atomic E-state index is 0.0352. The Hall–Kier alpha value is -2.14. The maximum atomic E-state index is 5.25. The maximum absolute atomic E-state index is 5.25. The van der Waals surface area contributed by atoms with E-state index in [2.05, 4.69) is 15.3 Å². The van der Waals surface area contributed by atoms with E-state index in [0.29, 0.717) is 5.88 Å². The van der Waals surface area contributed by atoms with Gasteiger partial charge in [0.05, 0.1) is 26.0 Å². The minimum atomic E-state index is -0.0352. The molecule has 0 aliphatic rings. The van der Waals surface area contributed by atoms with E-state index < -0.39 is 0 Å². The summed E-state index contributed by atoms with van der Waals surface area (Å²) in [6, 6.07) is 9.66. The van der Waals surface area contributed by atoms with Gasteiger partial charge < -0.3 is 14.8 Å². The molecule has 5 heteroatoms. The van der Waals surface area contributed by atoms with Crippen molar-refractivity contribution in [2.45, 2.75) is 6.04 Å². The average molecular weight is 259 g/mol. The summed E-state index contributed by atoms with van der Waals surface area (Å²) < 4.78 is 10.4. The molecule has 5 nitrogen and oxygen atoms in total. The summed E-state index contributed by atoms with van der Waals surface area (Å²) >= 11 is 0. The molecule has 100 valence electrons.